The lowest BCUT2D eigenvalue weighted by molar-refractivity contribution is -0.117. The van der Waals surface area contributed by atoms with Gasteiger partial charge in [-0.1, -0.05) is 56.7 Å². The van der Waals surface area contributed by atoms with Gasteiger partial charge in [-0.05, 0) is 72.1 Å². The maximum Gasteiger partial charge on any atom is 0.290 e. The van der Waals surface area contributed by atoms with Crippen molar-refractivity contribution in [3.05, 3.63) is 46.9 Å². The quantitative estimate of drug-likeness (QED) is 0.272. The number of carbonyl (C=O) groups is 3. The summed E-state index contributed by atoms with van der Waals surface area (Å²) in [6.07, 6.45) is 11.8. The summed E-state index contributed by atoms with van der Waals surface area (Å²) in [7, 11) is 0. The Balaban J connectivity index is 1.36. The molecule has 6 heteroatoms. The van der Waals surface area contributed by atoms with Crippen molar-refractivity contribution in [1.29, 1.82) is 0 Å². The van der Waals surface area contributed by atoms with Crippen molar-refractivity contribution in [1.82, 2.24) is 5.32 Å². The third kappa shape index (κ3) is 7.83. The molecule has 0 spiro atoms. The van der Waals surface area contributed by atoms with Crippen LogP contribution in [-0.4, -0.2) is 23.5 Å². The van der Waals surface area contributed by atoms with Gasteiger partial charge in [0.05, 0.1) is 11.5 Å². The number of unbranched alkanes of at least 4 members (excludes halogenated alkanes) is 7. The van der Waals surface area contributed by atoms with E-state index in [1.807, 2.05) is 36.4 Å². The first-order chi connectivity index (χ1) is 15.5. The summed E-state index contributed by atoms with van der Waals surface area (Å²) in [6, 6.07) is 12.0. The average molecular weight is 454 g/mol. The number of nitrogens with one attached hydrogen (secondary N) is 1. The summed E-state index contributed by atoms with van der Waals surface area (Å²) in [6.45, 7) is 2.38. The van der Waals surface area contributed by atoms with Gasteiger partial charge in [0.1, 0.15) is 11.5 Å². The number of ketones is 1. The van der Waals surface area contributed by atoms with Crippen LogP contribution >= 0.6 is 11.8 Å². The molecular weight excluding hydrogens is 422 g/mol. The van der Waals surface area contributed by atoms with Crippen molar-refractivity contribution < 1.29 is 19.1 Å². The summed E-state index contributed by atoms with van der Waals surface area (Å²) < 4.78 is 5.92. The Morgan fingerprint density at radius 1 is 0.906 bits per heavy atom. The Kier molecular flexibility index (Phi) is 9.35. The molecule has 0 aromatic heterocycles. The van der Waals surface area contributed by atoms with E-state index in [4.69, 9.17) is 4.74 Å². The highest BCUT2D eigenvalue weighted by Gasteiger charge is 2.24. The second-order valence-corrected chi connectivity index (χ2v) is 9.26. The topological polar surface area (TPSA) is 72.5 Å². The van der Waals surface area contributed by atoms with Crippen LogP contribution in [0.2, 0.25) is 0 Å². The first-order valence-corrected chi connectivity index (χ1v) is 12.2. The zero-order valence-corrected chi connectivity index (χ0v) is 19.5. The van der Waals surface area contributed by atoms with E-state index >= 15 is 0 Å². The number of imide groups is 1. The highest BCUT2D eigenvalue weighted by atomic mass is 32.2. The number of rotatable bonds is 13. The maximum atomic E-state index is 11.7. The van der Waals surface area contributed by atoms with E-state index in [9.17, 15) is 14.4 Å². The zero-order chi connectivity index (χ0) is 22.8. The number of carbonyl (C=O) groups excluding carboxylic acids is 3. The molecular formula is C26H31NO4S. The summed E-state index contributed by atoms with van der Waals surface area (Å²) in [4.78, 5) is 34.3. The van der Waals surface area contributed by atoms with Gasteiger partial charge in [0, 0.05) is 6.42 Å². The van der Waals surface area contributed by atoms with Crippen LogP contribution in [0.15, 0.2) is 41.3 Å². The minimum Gasteiger partial charge on any atom is -0.494 e. The molecule has 0 aliphatic carbocycles. The smallest absolute Gasteiger partial charge is 0.290 e. The Bertz CT molecular complexity index is 998. The van der Waals surface area contributed by atoms with Crippen LogP contribution in [0.25, 0.3) is 16.8 Å². The summed E-state index contributed by atoms with van der Waals surface area (Å²) in [5.74, 6) is 0.824. The van der Waals surface area contributed by atoms with Gasteiger partial charge in [-0.2, -0.15) is 0 Å². The number of Topliss-reactive ketones (excluding diaryl/α,β-unsaturated/α-hetero) is 1. The molecule has 1 aliphatic rings. The van der Waals surface area contributed by atoms with Gasteiger partial charge in [-0.25, -0.2) is 0 Å². The fourth-order valence-electron chi connectivity index (χ4n) is 3.72. The van der Waals surface area contributed by atoms with E-state index in [1.165, 1.54) is 32.1 Å². The van der Waals surface area contributed by atoms with E-state index < -0.39 is 0 Å². The van der Waals surface area contributed by atoms with Crippen molar-refractivity contribution >= 4 is 45.5 Å². The molecule has 0 bridgehead atoms. The number of amides is 2. The molecule has 0 unspecified atom stereocenters. The number of hydrogen-bond acceptors (Lipinski definition) is 5. The Morgan fingerprint density at radius 2 is 1.56 bits per heavy atom. The molecule has 0 saturated carbocycles. The Morgan fingerprint density at radius 3 is 2.25 bits per heavy atom. The van der Waals surface area contributed by atoms with Crippen LogP contribution in [0.3, 0.4) is 0 Å². The van der Waals surface area contributed by atoms with Crippen molar-refractivity contribution in [3.8, 4) is 5.75 Å². The number of thioether (sulfide) groups is 1. The summed E-state index contributed by atoms with van der Waals surface area (Å²) >= 11 is 0.928. The third-order valence-electron chi connectivity index (χ3n) is 5.47. The van der Waals surface area contributed by atoms with Crippen molar-refractivity contribution in [2.45, 2.75) is 64.7 Å². The third-order valence-corrected chi connectivity index (χ3v) is 6.28. The van der Waals surface area contributed by atoms with Gasteiger partial charge < -0.3 is 9.53 Å². The maximum absolute atomic E-state index is 11.7. The van der Waals surface area contributed by atoms with Gasteiger partial charge in [-0.15, -0.1) is 0 Å². The molecule has 0 radical (unpaired) electrons. The van der Waals surface area contributed by atoms with E-state index in [2.05, 4.69) is 5.32 Å². The highest BCUT2D eigenvalue weighted by Crippen LogP contribution is 2.28. The zero-order valence-electron chi connectivity index (χ0n) is 18.7. The number of hydrogen-bond donors (Lipinski definition) is 1. The van der Waals surface area contributed by atoms with E-state index in [1.54, 1.807) is 13.0 Å². The molecule has 2 aromatic carbocycles. The minimum absolute atomic E-state index is 0.298. The van der Waals surface area contributed by atoms with Gasteiger partial charge in [0.15, 0.2) is 0 Å². The predicted molar refractivity (Wildman–Crippen MR) is 131 cm³/mol. The molecule has 3 rings (SSSR count). The van der Waals surface area contributed by atoms with Crippen molar-refractivity contribution in [2.24, 2.45) is 0 Å². The molecule has 1 N–H and O–H groups in total. The Hall–Kier alpha value is -2.60. The summed E-state index contributed by atoms with van der Waals surface area (Å²) in [5.41, 5.74) is 0.886. The Labute approximate surface area is 194 Å². The largest absolute Gasteiger partial charge is 0.494 e. The monoisotopic (exact) mass is 453 g/mol. The van der Waals surface area contributed by atoms with E-state index in [0.717, 1.165) is 59.5 Å². The molecule has 0 atom stereocenters. The lowest BCUT2D eigenvalue weighted by atomic mass is 10.1. The van der Waals surface area contributed by atoms with Crippen LogP contribution in [-0.2, 0) is 9.59 Å². The first kappa shape index (κ1) is 24.1. The molecule has 1 heterocycles. The second kappa shape index (κ2) is 12.4. The lowest BCUT2D eigenvalue weighted by Gasteiger charge is -2.08. The molecule has 32 heavy (non-hydrogen) atoms. The SMILES string of the molecule is CC(=O)CCCCCCCCCCOc1ccc2cc(C=C3SC(=O)NC3=O)ccc2c1. The molecule has 1 saturated heterocycles. The fraction of sp³-hybridized carbons (Fsp3) is 0.423. The lowest BCUT2D eigenvalue weighted by Crippen LogP contribution is -2.17. The summed E-state index contributed by atoms with van der Waals surface area (Å²) in [5, 5.41) is 4.08. The molecule has 5 nitrogen and oxygen atoms in total. The predicted octanol–water partition coefficient (Wildman–Crippen LogP) is 6.64. The van der Waals surface area contributed by atoms with Gasteiger partial charge in [0.25, 0.3) is 11.1 Å². The highest BCUT2D eigenvalue weighted by molar-refractivity contribution is 8.18. The van der Waals surface area contributed by atoms with Crippen LogP contribution in [0.5, 0.6) is 5.75 Å². The fourth-order valence-corrected chi connectivity index (χ4v) is 4.40. The first-order valence-electron chi connectivity index (χ1n) is 11.4. The molecule has 1 aliphatic heterocycles. The van der Waals surface area contributed by atoms with Crippen LogP contribution in [0.4, 0.5) is 4.79 Å². The minimum atomic E-state index is -0.339. The van der Waals surface area contributed by atoms with Crippen molar-refractivity contribution in [3.63, 3.8) is 0 Å². The number of ether oxygens (including phenoxy) is 1. The van der Waals surface area contributed by atoms with Crippen molar-refractivity contribution in [2.75, 3.05) is 6.61 Å². The van der Waals surface area contributed by atoms with Crippen LogP contribution in [0, 0.1) is 0 Å². The average Bonchev–Trinajstić information content (AvgIpc) is 3.08. The second-order valence-electron chi connectivity index (χ2n) is 8.25. The van der Waals surface area contributed by atoms with Gasteiger partial charge >= 0.3 is 0 Å². The number of fused-ring (bicyclic) bond motifs is 1. The number of benzene rings is 2. The standard InChI is InChI=1S/C26H31NO4S/c1-19(28)10-8-6-4-2-3-5-7-9-15-31-23-14-13-21-16-20(11-12-22(21)18-23)17-24-25(29)27-26(30)32-24/h11-14,16-18H,2-10,15H2,1H3,(H,27,29,30). The van der Waals surface area contributed by atoms with Crippen LogP contribution in [0.1, 0.15) is 70.3 Å². The molecule has 1 fully saturated rings. The van der Waals surface area contributed by atoms with E-state index in [0.29, 0.717) is 17.3 Å². The normalized spacial score (nSPS) is 14.8. The van der Waals surface area contributed by atoms with E-state index in [-0.39, 0.29) is 11.1 Å². The van der Waals surface area contributed by atoms with Gasteiger partial charge in [-0.3, -0.25) is 14.9 Å². The molecule has 170 valence electrons. The van der Waals surface area contributed by atoms with Crippen LogP contribution < -0.4 is 10.1 Å². The van der Waals surface area contributed by atoms with Gasteiger partial charge in [0.2, 0.25) is 0 Å². The molecule has 2 aromatic rings. The molecule has 2 amide bonds.